The third kappa shape index (κ3) is 1.94. The molecule has 4 nitrogen and oxygen atoms in total. The lowest BCUT2D eigenvalue weighted by Gasteiger charge is -2.17. The number of fused-ring (bicyclic) bond motifs is 1. The van der Waals surface area contributed by atoms with Crippen molar-refractivity contribution < 1.29 is 15.0 Å². The highest BCUT2D eigenvalue weighted by molar-refractivity contribution is 5.85. The Morgan fingerprint density at radius 1 is 1.22 bits per heavy atom. The van der Waals surface area contributed by atoms with Crippen molar-refractivity contribution in [3.8, 4) is 5.75 Å². The molecule has 1 aromatic carbocycles. The molecular weight excluding hydrogens is 230 g/mol. The van der Waals surface area contributed by atoms with Crippen molar-refractivity contribution in [1.82, 2.24) is 4.57 Å². The van der Waals surface area contributed by atoms with Crippen LogP contribution in [0.15, 0.2) is 24.3 Å². The molecule has 0 saturated carbocycles. The minimum absolute atomic E-state index is 0.140. The SMILES string of the molecule is CC(C(=O)O)c1cc2ccc(O)cc2n1C(C)C. The Balaban J connectivity index is 2.73. The molecule has 1 unspecified atom stereocenters. The average Bonchev–Trinajstić information content (AvgIpc) is 2.65. The maximum absolute atomic E-state index is 11.2. The summed E-state index contributed by atoms with van der Waals surface area (Å²) in [6.07, 6.45) is 0. The second kappa shape index (κ2) is 4.37. The largest absolute Gasteiger partial charge is 0.508 e. The number of phenolic OH excluding ortho intramolecular Hbond substituents is 1. The van der Waals surface area contributed by atoms with Gasteiger partial charge in [-0.15, -0.1) is 0 Å². The van der Waals surface area contributed by atoms with E-state index in [1.54, 1.807) is 19.1 Å². The molecule has 2 aromatic rings. The second-order valence-electron chi connectivity index (χ2n) is 4.84. The molecule has 96 valence electrons. The lowest BCUT2D eigenvalue weighted by atomic mass is 10.1. The Morgan fingerprint density at radius 3 is 2.44 bits per heavy atom. The van der Waals surface area contributed by atoms with E-state index in [1.807, 2.05) is 30.5 Å². The fraction of sp³-hybridized carbons (Fsp3) is 0.357. The van der Waals surface area contributed by atoms with E-state index in [-0.39, 0.29) is 11.8 Å². The van der Waals surface area contributed by atoms with Crippen LogP contribution in [0.3, 0.4) is 0 Å². The van der Waals surface area contributed by atoms with Crippen LogP contribution in [-0.2, 0) is 4.79 Å². The summed E-state index contributed by atoms with van der Waals surface area (Å²) in [5.74, 6) is -1.22. The van der Waals surface area contributed by atoms with Gasteiger partial charge in [0, 0.05) is 23.2 Å². The maximum atomic E-state index is 11.2. The molecule has 4 heteroatoms. The van der Waals surface area contributed by atoms with Crippen molar-refractivity contribution in [1.29, 1.82) is 0 Å². The smallest absolute Gasteiger partial charge is 0.312 e. The van der Waals surface area contributed by atoms with Gasteiger partial charge in [-0.3, -0.25) is 4.79 Å². The summed E-state index contributed by atoms with van der Waals surface area (Å²) in [5, 5.41) is 19.7. The van der Waals surface area contributed by atoms with Gasteiger partial charge >= 0.3 is 5.97 Å². The highest BCUT2D eigenvalue weighted by atomic mass is 16.4. The van der Waals surface area contributed by atoms with Crippen molar-refractivity contribution in [2.45, 2.75) is 32.7 Å². The number of phenols is 1. The van der Waals surface area contributed by atoms with Gasteiger partial charge in [0.1, 0.15) is 5.75 Å². The van der Waals surface area contributed by atoms with E-state index in [9.17, 15) is 9.90 Å². The van der Waals surface area contributed by atoms with Gasteiger partial charge in [-0.05, 0) is 39.0 Å². The third-order valence-electron chi connectivity index (χ3n) is 3.19. The van der Waals surface area contributed by atoms with Gasteiger partial charge in [0.15, 0.2) is 0 Å². The van der Waals surface area contributed by atoms with E-state index in [0.717, 1.165) is 16.6 Å². The van der Waals surface area contributed by atoms with Crippen molar-refractivity contribution in [2.24, 2.45) is 0 Å². The molecule has 2 N–H and O–H groups in total. The van der Waals surface area contributed by atoms with Gasteiger partial charge in [0.25, 0.3) is 0 Å². The minimum atomic E-state index is -0.844. The molecule has 0 radical (unpaired) electrons. The van der Waals surface area contributed by atoms with Crippen LogP contribution < -0.4 is 0 Å². The van der Waals surface area contributed by atoms with E-state index in [2.05, 4.69) is 0 Å². The number of aromatic nitrogens is 1. The first kappa shape index (κ1) is 12.5. The van der Waals surface area contributed by atoms with Crippen LogP contribution in [0.1, 0.15) is 38.4 Å². The summed E-state index contributed by atoms with van der Waals surface area (Å²) in [4.78, 5) is 11.2. The Bertz CT molecular complexity index is 598. The number of benzene rings is 1. The first-order valence-corrected chi connectivity index (χ1v) is 5.98. The Hall–Kier alpha value is -1.97. The predicted molar refractivity (Wildman–Crippen MR) is 70.0 cm³/mol. The summed E-state index contributed by atoms with van der Waals surface area (Å²) in [5.41, 5.74) is 1.63. The van der Waals surface area contributed by atoms with Gasteiger partial charge in [0.2, 0.25) is 0 Å². The van der Waals surface area contributed by atoms with Crippen LogP contribution in [0.5, 0.6) is 5.75 Å². The summed E-state index contributed by atoms with van der Waals surface area (Å²) in [6.45, 7) is 5.68. The predicted octanol–water partition coefficient (Wildman–Crippen LogP) is 3.12. The zero-order valence-electron chi connectivity index (χ0n) is 10.7. The lowest BCUT2D eigenvalue weighted by molar-refractivity contribution is -0.138. The number of hydrogen-bond donors (Lipinski definition) is 2. The van der Waals surface area contributed by atoms with E-state index >= 15 is 0 Å². The van der Waals surface area contributed by atoms with Gasteiger partial charge in [-0.25, -0.2) is 0 Å². The number of hydrogen-bond acceptors (Lipinski definition) is 2. The Morgan fingerprint density at radius 2 is 1.89 bits per heavy atom. The molecule has 0 aliphatic carbocycles. The molecule has 0 saturated heterocycles. The van der Waals surface area contributed by atoms with E-state index in [0.29, 0.717) is 0 Å². The summed E-state index contributed by atoms with van der Waals surface area (Å²) in [7, 11) is 0. The fourth-order valence-electron chi connectivity index (χ4n) is 2.27. The van der Waals surface area contributed by atoms with Gasteiger partial charge < -0.3 is 14.8 Å². The van der Waals surface area contributed by atoms with E-state index in [1.165, 1.54) is 0 Å². The van der Waals surface area contributed by atoms with Gasteiger partial charge in [0.05, 0.1) is 11.4 Å². The Kier molecular flexibility index (Phi) is 3.03. The van der Waals surface area contributed by atoms with Crippen molar-refractivity contribution in [3.05, 3.63) is 30.0 Å². The van der Waals surface area contributed by atoms with Crippen molar-refractivity contribution >= 4 is 16.9 Å². The number of carbonyl (C=O) groups is 1. The molecule has 0 aliphatic rings. The Labute approximate surface area is 105 Å². The first-order chi connectivity index (χ1) is 8.41. The molecule has 0 amide bonds. The van der Waals surface area contributed by atoms with Crippen LogP contribution >= 0.6 is 0 Å². The third-order valence-corrected chi connectivity index (χ3v) is 3.19. The highest BCUT2D eigenvalue weighted by Gasteiger charge is 2.21. The molecule has 1 atom stereocenters. The zero-order chi connectivity index (χ0) is 13.4. The molecule has 1 heterocycles. The van der Waals surface area contributed by atoms with Gasteiger partial charge in [-0.1, -0.05) is 0 Å². The van der Waals surface area contributed by atoms with Crippen LogP contribution in [0.2, 0.25) is 0 Å². The molecule has 0 spiro atoms. The van der Waals surface area contributed by atoms with Crippen LogP contribution in [-0.4, -0.2) is 20.7 Å². The summed E-state index contributed by atoms with van der Waals surface area (Å²) in [6, 6.07) is 7.12. The van der Waals surface area contributed by atoms with Crippen molar-refractivity contribution in [3.63, 3.8) is 0 Å². The van der Waals surface area contributed by atoms with Crippen LogP contribution in [0.4, 0.5) is 0 Å². The summed E-state index contributed by atoms with van der Waals surface area (Å²) >= 11 is 0. The molecule has 18 heavy (non-hydrogen) atoms. The zero-order valence-corrected chi connectivity index (χ0v) is 10.7. The number of carboxylic acids is 1. The van der Waals surface area contributed by atoms with Crippen molar-refractivity contribution in [2.75, 3.05) is 0 Å². The van der Waals surface area contributed by atoms with E-state index in [4.69, 9.17) is 5.11 Å². The number of aliphatic carboxylic acids is 1. The standard InChI is InChI=1S/C14H17NO3/c1-8(2)15-12(9(3)14(17)18)6-10-4-5-11(16)7-13(10)15/h4-9,16H,1-3H3,(H,17,18). The average molecular weight is 247 g/mol. The first-order valence-electron chi connectivity index (χ1n) is 5.98. The molecule has 0 aliphatic heterocycles. The quantitative estimate of drug-likeness (QED) is 0.876. The topological polar surface area (TPSA) is 62.5 Å². The molecular formula is C14H17NO3. The van der Waals surface area contributed by atoms with E-state index < -0.39 is 11.9 Å². The second-order valence-corrected chi connectivity index (χ2v) is 4.84. The van der Waals surface area contributed by atoms with Gasteiger partial charge in [-0.2, -0.15) is 0 Å². The molecule has 0 fully saturated rings. The molecule has 2 rings (SSSR count). The fourth-order valence-corrected chi connectivity index (χ4v) is 2.27. The number of aromatic hydroxyl groups is 1. The number of rotatable bonds is 3. The molecule has 1 aromatic heterocycles. The minimum Gasteiger partial charge on any atom is -0.508 e. The highest BCUT2D eigenvalue weighted by Crippen LogP contribution is 2.31. The molecule has 0 bridgehead atoms. The summed E-state index contributed by atoms with van der Waals surface area (Å²) < 4.78 is 1.97. The van der Waals surface area contributed by atoms with Crippen LogP contribution in [0, 0.1) is 0 Å². The van der Waals surface area contributed by atoms with Crippen LogP contribution in [0.25, 0.3) is 10.9 Å². The lowest BCUT2D eigenvalue weighted by Crippen LogP contribution is -2.14. The number of nitrogens with zero attached hydrogens (tertiary/aromatic N) is 1. The normalized spacial score (nSPS) is 13.1. The monoisotopic (exact) mass is 247 g/mol. The number of carboxylic acid groups (broad SMARTS) is 1. The maximum Gasteiger partial charge on any atom is 0.312 e.